The molecule has 0 aliphatic heterocycles. The predicted molar refractivity (Wildman–Crippen MR) is 62.0 cm³/mol. The highest BCUT2D eigenvalue weighted by molar-refractivity contribution is 5.78. The van der Waals surface area contributed by atoms with Crippen molar-refractivity contribution in [2.75, 3.05) is 0 Å². The summed E-state index contributed by atoms with van der Waals surface area (Å²) >= 11 is 0. The summed E-state index contributed by atoms with van der Waals surface area (Å²) in [4.78, 5) is 10.6. The Labute approximate surface area is 93.5 Å². The zero-order chi connectivity index (χ0) is 11.5. The van der Waals surface area contributed by atoms with Gasteiger partial charge in [-0.15, -0.1) is 0 Å². The lowest BCUT2D eigenvalue weighted by atomic mass is 9.98. The van der Waals surface area contributed by atoms with Gasteiger partial charge in [0.25, 0.3) is 0 Å². The van der Waals surface area contributed by atoms with Crippen LogP contribution in [0.15, 0.2) is 42.5 Å². The second-order valence-electron chi connectivity index (χ2n) is 3.67. The maximum absolute atomic E-state index is 13.6. The lowest BCUT2D eigenvalue weighted by Crippen LogP contribution is -1.89. The number of halogens is 1. The molecule has 0 amide bonds. The number of aryl methyl sites for hydroxylation is 1. The molecule has 1 nitrogen and oxygen atoms in total. The minimum atomic E-state index is -0.246. The third kappa shape index (κ3) is 1.87. The molecule has 0 aromatic heterocycles. The van der Waals surface area contributed by atoms with Crippen LogP contribution in [-0.4, -0.2) is 6.29 Å². The van der Waals surface area contributed by atoms with Gasteiger partial charge in [-0.25, -0.2) is 4.39 Å². The van der Waals surface area contributed by atoms with E-state index in [1.807, 2.05) is 6.92 Å². The van der Waals surface area contributed by atoms with Crippen LogP contribution in [0.4, 0.5) is 4.39 Å². The number of carbonyl (C=O) groups excluding carboxylic acids is 1. The molecule has 0 saturated heterocycles. The molecule has 0 bridgehead atoms. The fourth-order valence-electron chi connectivity index (χ4n) is 1.74. The molecule has 0 fully saturated rings. The molecule has 2 aromatic rings. The van der Waals surface area contributed by atoms with Crippen molar-refractivity contribution < 1.29 is 9.18 Å². The van der Waals surface area contributed by atoms with E-state index in [0.29, 0.717) is 11.1 Å². The van der Waals surface area contributed by atoms with Crippen LogP contribution in [-0.2, 0) is 0 Å². The lowest BCUT2D eigenvalue weighted by Gasteiger charge is -2.07. The number of hydrogen-bond acceptors (Lipinski definition) is 1. The normalized spacial score (nSPS) is 10.1. The van der Waals surface area contributed by atoms with Gasteiger partial charge in [-0.05, 0) is 30.2 Å². The Hall–Kier alpha value is -1.96. The summed E-state index contributed by atoms with van der Waals surface area (Å²) in [5, 5.41) is 0. The Bertz CT molecular complexity index is 532. The fourth-order valence-corrected chi connectivity index (χ4v) is 1.74. The van der Waals surface area contributed by atoms with Crippen LogP contribution in [0.3, 0.4) is 0 Å². The van der Waals surface area contributed by atoms with Crippen molar-refractivity contribution in [3.8, 4) is 11.1 Å². The number of rotatable bonds is 2. The molecule has 2 rings (SSSR count). The fraction of sp³-hybridized carbons (Fsp3) is 0.0714. The monoisotopic (exact) mass is 214 g/mol. The van der Waals surface area contributed by atoms with Gasteiger partial charge in [-0.1, -0.05) is 30.3 Å². The van der Waals surface area contributed by atoms with Crippen molar-refractivity contribution in [2.45, 2.75) is 6.92 Å². The smallest absolute Gasteiger partial charge is 0.150 e. The quantitative estimate of drug-likeness (QED) is 0.698. The summed E-state index contributed by atoms with van der Waals surface area (Å²) in [5.41, 5.74) is 2.90. The molecule has 0 N–H and O–H groups in total. The van der Waals surface area contributed by atoms with E-state index in [4.69, 9.17) is 0 Å². The van der Waals surface area contributed by atoms with Crippen LogP contribution >= 0.6 is 0 Å². The van der Waals surface area contributed by atoms with E-state index in [1.54, 1.807) is 36.4 Å². The first-order valence-corrected chi connectivity index (χ1v) is 5.03. The summed E-state index contributed by atoms with van der Waals surface area (Å²) in [5.74, 6) is -0.246. The molecule has 16 heavy (non-hydrogen) atoms. The Morgan fingerprint density at radius 1 is 1.06 bits per heavy atom. The zero-order valence-corrected chi connectivity index (χ0v) is 8.91. The minimum Gasteiger partial charge on any atom is -0.298 e. The summed E-state index contributed by atoms with van der Waals surface area (Å²) in [6, 6.07) is 11.9. The van der Waals surface area contributed by atoms with E-state index < -0.39 is 0 Å². The molecule has 0 saturated carbocycles. The van der Waals surface area contributed by atoms with Gasteiger partial charge >= 0.3 is 0 Å². The van der Waals surface area contributed by atoms with Crippen LogP contribution < -0.4 is 0 Å². The average Bonchev–Trinajstić information content (AvgIpc) is 2.30. The first kappa shape index (κ1) is 10.6. The molecule has 2 aromatic carbocycles. The summed E-state index contributed by atoms with van der Waals surface area (Å²) in [6.07, 6.45) is 0.790. The molecule has 0 radical (unpaired) electrons. The van der Waals surface area contributed by atoms with Gasteiger partial charge in [-0.2, -0.15) is 0 Å². The highest BCUT2D eigenvalue weighted by Crippen LogP contribution is 2.26. The molecule has 0 unspecified atom stereocenters. The van der Waals surface area contributed by atoms with Crippen LogP contribution in [0.1, 0.15) is 15.9 Å². The van der Waals surface area contributed by atoms with Crippen LogP contribution in [0.5, 0.6) is 0 Å². The van der Waals surface area contributed by atoms with E-state index >= 15 is 0 Å². The lowest BCUT2D eigenvalue weighted by molar-refractivity contribution is 0.112. The SMILES string of the molecule is Cc1cc(C=O)ccc1-c1ccccc1F. The van der Waals surface area contributed by atoms with Crippen molar-refractivity contribution in [3.63, 3.8) is 0 Å². The Balaban J connectivity index is 2.57. The standard InChI is InChI=1S/C14H11FO/c1-10-8-11(9-16)6-7-12(10)13-4-2-3-5-14(13)15/h2-9H,1H3. The first-order chi connectivity index (χ1) is 7.72. The highest BCUT2D eigenvalue weighted by Gasteiger charge is 2.06. The van der Waals surface area contributed by atoms with Crippen molar-refractivity contribution in [1.29, 1.82) is 0 Å². The summed E-state index contributed by atoms with van der Waals surface area (Å²) in [6.45, 7) is 1.87. The highest BCUT2D eigenvalue weighted by atomic mass is 19.1. The van der Waals surface area contributed by atoms with Crippen LogP contribution in [0.2, 0.25) is 0 Å². The Morgan fingerprint density at radius 3 is 2.44 bits per heavy atom. The van der Waals surface area contributed by atoms with Crippen molar-refractivity contribution in [3.05, 3.63) is 59.4 Å². The van der Waals surface area contributed by atoms with Gasteiger partial charge in [0.2, 0.25) is 0 Å². The third-order valence-electron chi connectivity index (χ3n) is 2.55. The van der Waals surface area contributed by atoms with Gasteiger partial charge < -0.3 is 0 Å². The molecule has 0 aliphatic rings. The van der Waals surface area contributed by atoms with E-state index in [2.05, 4.69) is 0 Å². The second kappa shape index (κ2) is 4.27. The van der Waals surface area contributed by atoms with Crippen molar-refractivity contribution >= 4 is 6.29 Å². The molecular formula is C14H11FO. The van der Waals surface area contributed by atoms with Crippen LogP contribution in [0.25, 0.3) is 11.1 Å². The van der Waals surface area contributed by atoms with Gasteiger partial charge in [-0.3, -0.25) is 4.79 Å². The third-order valence-corrected chi connectivity index (χ3v) is 2.55. The van der Waals surface area contributed by atoms with E-state index in [-0.39, 0.29) is 5.82 Å². The Morgan fingerprint density at radius 2 is 1.81 bits per heavy atom. The predicted octanol–water partition coefficient (Wildman–Crippen LogP) is 3.61. The first-order valence-electron chi connectivity index (χ1n) is 5.03. The molecule has 0 spiro atoms. The average molecular weight is 214 g/mol. The Kier molecular flexibility index (Phi) is 2.82. The number of carbonyl (C=O) groups is 1. The van der Waals surface area contributed by atoms with Gasteiger partial charge in [0.05, 0.1) is 0 Å². The van der Waals surface area contributed by atoms with E-state index in [9.17, 15) is 9.18 Å². The van der Waals surface area contributed by atoms with Gasteiger partial charge in [0.15, 0.2) is 0 Å². The number of benzene rings is 2. The second-order valence-corrected chi connectivity index (χ2v) is 3.67. The molecular weight excluding hydrogens is 203 g/mol. The van der Waals surface area contributed by atoms with Crippen molar-refractivity contribution in [1.82, 2.24) is 0 Å². The number of hydrogen-bond donors (Lipinski definition) is 0. The zero-order valence-electron chi connectivity index (χ0n) is 8.91. The van der Waals surface area contributed by atoms with E-state index in [1.165, 1.54) is 6.07 Å². The maximum Gasteiger partial charge on any atom is 0.150 e. The topological polar surface area (TPSA) is 17.1 Å². The number of aldehydes is 1. The molecule has 0 aliphatic carbocycles. The van der Waals surface area contributed by atoms with Crippen LogP contribution in [0, 0.1) is 12.7 Å². The summed E-state index contributed by atoms with van der Waals surface area (Å²) < 4.78 is 13.6. The van der Waals surface area contributed by atoms with Gasteiger partial charge in [0.1, 0.15) is 12.1 Å². The van der Waals surface area contributed by atoms with E-state index in [0.717, 1.165) is 17.4 Å². The molecule has 2 heteroatoms. The summed E-state index contributed by atoms with van der Waals surface area (Å²) in [7, 11) is 0. The largest absolute Gasteiger partial charge is 0.298 e. The molecule has 80 valence electrons. The maximum atomic E-state index is 13.6. The van der Waals surface area contributed by atoms with Crippen molar-refractivity contribution in [2.24, 2.45) is 0 Å². The van der Waals surface area contributed by atoms with Gasteiger partial charge in [0, 0.05) is 11.1 Å². The minimum absolute atomic E-state index is 0.246. The molecule has 0 atom stereocenters. The molecule has 0 heterocycles.